The molecule has 0 saturated heterocycles. The number of carboxylic acid groups (broad SMARTS) is 1. The molecule has 0 radical (unpaired) electrons. The van der Waals surface area contributed by atoms with Crippen molar-refractivity contribution in [3.05, 3.63) is 29.1 Å². The Labute approximate surface area is 90.3 Å². The van der Waals surface area contributed by atoms with Crippen molar-refractivity contribution in [3.63, 3.8) is 0 Å². The van der Waals surface area contributed by atoms with Crippen molar-refractivity contribution in [1.29, 1.82) is 0 Å². The number of halogens is 1. The zero-order chi connectivity index (χ0) is 12.5. The Morgan fingerprint density at radius 1 is 1.44 bits per heavy atom. The van der Waals surface area contributed by atoms with Gasteiger partial charge in [-0.3, -0.25) is 0 Å². The molecule has 3 N–H and O–H groups in total. The summed E-state index contributed by atoms with van der Waals surface area (Å²) in [5, 5.41) is 17.0. The maximum Gasteiger partial charge on any atom is 0.335 e. The summed E-state index contributed by atoms with van der Waals surface area (Å²) >= 11 is 0. The van der Waals surface area contributed by atoms with E-state index in [-0.39, 0.29) is 5.56 Å². The first-order chi connectivity index (χ1) is 7.29. The van der Waals surface area contributed by atoms with Crippen LogP contribution in [0.5, 0.6) is 0 Å². The summed E-state index contributed by atoms with van der Waals surface area (Å²) in [6.45, 7) is 1.16. The van der Waals surface area contributed by atoms with Crippen LogP contribution in [0.2, 0.25) is 0 Å². The molecular formula is C8H8FNO5S. The predicted octanol–water partition coefficient (Wildman–Crippen LogP) is 0.500. The quantitative estimate of drug-likeness (QED) is 0.677. The number of sulfonamides is 1. The molecule has 0 bridgehead atoms. The Bertz CT molecular complexity index is 540. The average Bonchev–Trinajstić information content (AvgIpc) is 2.21. The molecule has 16 heavy (non-hydrogen) atoms. The minimum atomic E-state index is -4.31. The van der Waals surface area contributed by atoms with Gasteiger partial charge in [0.25, 0.3) is 10.0 Å². The minimum absolute atomic E-state index is 0.272. The Kier molecular flexibility index (Phi) is 3.27. The highest BCUT2D eigenvalue weighted by Crippen LogP contribution is 2.20. The highest BCUT2D eigenvalue weighted by atomic mass is 32.2. The van der Waals surface area contributed by atoms with Gasteiger partial charge in [0, 0.05) is 5.56 Å². The second-order valence-electron chi connectivity index (χ2n) is 2.98. The van der Waals surface area contributed by atoms with Gasteiger partial charge in [-0.1, -0.05) is 4.89 Å². The molecule has 0 aliphatic heterocycles. The zero-order valence-corrected chi connectivity index (χ0v) is 8.88. The molecule has 1 aromatic rings. The number of carboxylic acids is 1. The van der Waals surface area contributed by atoms with Gasteiger partial charge in [0.15, 0.2) is 0 Å². The molecule has 0 fully saturated rings. The van der Waals surface area contributed by atoms with Gasteiger partial charge in [0.05, 0.1) is 10.5 Å². The monoisotopic (exact) mass is 249 g/mol. The van der Waals surface area contributed by atoms with Crippen LogP contribution < -0.4 is 4.89 Å². The van der Waals surface area contributed by atoms with E-state index in [9.17, 15) is 17.6 Å². The molecule has 88 valence electrons. The summed E-state index contributed by atoms with van der Waals surface area (Å²) in [5.74, 6) is -2.44. The van der Waals surface area contributed by atoms with Gasteiger partial charge in [0.2, 0.25) is 0 Å². The molecule has 0 amide bonds. The van der Waals surface area contributed by atoms with E-state index < -0.39 is 32.3 Å². The molecule has 0 atom stereocenters. The van der Waals surface area contributed by atoms with Gasteiger partial charge in [-0.05, 0) is 19.1 Å². The van der Waals surface area contributed by atoms with Crippen LogP contribution in [0.3, 0.4) is 0 Å². The first-order valence-electron chi connectivity index (χ1n) is 3.99. The Hall–Kier alpha value is -1.51. The lowest BCUT2D eigenvalue weighted by atomic mass is 10.1. The summed E-state index contributed by atoms with van der Waals surface area (Å²) in [6.07, 6.45) is 0. The van der Waals surface area contributed by atoms with E-state index in [1.165, 1.54) is 0 Å². The van der Waals surface area contributed by atoms with Gasteiger partial charge in [-0.2, -0.15) is 0 Å². The standard InChI is InChI=1S/C8H8FNO5S/c1-4-6(9)2-5(8(11)12)3-7(4)16(14,15)10-13/h2-3,10,13H,1H3,(H,11,12). The van der Waals surface area contributed by atoms with Crippen LogP contribution in [0.25, 0.3) is 0 Å². The SMILES string of the molecule is Cc1c(F)cc(C(=O)O)cc1S(=O)(=O)NO. The summed E-state index contributed by atoms with van der Waals surface area (Å²) in [4.78, 5) is 11.0. The first-order valence-corrected chi connectivity index (χ1v) is 5.47. The van der Waals surface area contributed by atoms with Crippen molar-refractivity contribution in [1.82, 2.24) is 4.89 Å². The summed E-state index contributed by atoms with van der Waals surface area (Å²) in [7, 11) is -4.31. The minimum Gasteiger partial charge on any atom is -0.478 e. The van der Waals surface area contributed by atoms with Crippen LogP contribution in [0.1, 0.15) is 15.9 Å². The molecule has 0 spiro atoms. The van der Waals surface area contributed by atoms with Crippen molar-refractivity contribution in [2.24, 2.45) is 0 Å². The van der Waals surface area contributed by atoms with E-state index in [1.54, 1.807) is 0 Å². The molecule has 8 heteroatoms. The maximum atomic E-state index is 13.2. The van der Waals surface area contributed by atoms with Crippen LogP contribution in [-0.4, -0.2) is 24.7 Å². The molecule has 0 aliphatic rings. The number of hydrogen-bond donors (Lipinski definition) is 3. The van der Waals surface area contributed by atoms with Crippen molar-refractivity contribution in [2.75, 3.05) is 0 Å². The van der Waals surface area contributed by atoms with Crippen molar-refractivity contribution < 1.29 is 27.9 Å². The number of rotatable bonds is 3. The third kappa shape index (κ3) is 2.18. The second-order valence-corrected chi connectivity index (χ2v) is 4.61. The number of hydrogen-bond acceptors (Lipinski definition) is 4. The van der Waals surface area contributed by atoms with Gasteiger partial charge in [-0.15, -0.1) is 0 Å². The molecule has 0 unspecified atom stereocenters. The number of benzene rings is 1. The fourth-order valence-electron chi connectivity index (χ4n) is 1.11. The molecule has 0 heterocycles. The molecule has 1 aromatic carbocycles. The highest BCUT2D eigenvalue weighted by Gasteiger charge is 2.21. The van der Waals surface area contributed by atoms with Crippen LogP contribution in [0, 0.1) is 12.7 Å². The van der Waals surface area contributed by atoms with Crippen LogP contribution in [-0.2, 0) is 10.0 Å². The number of carbonyl (C=O) groups is 1. The first kappa shape index (κ1) is 12.6. The van der Waals surface area contributed by atoms with Gasteiger partial charge >= 0.3 is 5.97 Å². The molecule has 0 aromatic heterocycles. The van der Waals surface area contributed by atoms with Crippen molar-refractivity contribution >= 4 is 16.0 Å². The highest BCUT2D eigenvalue weighted by molar-refractivity contribution is 7.89. The fraction of sp³-hybridized carbons (Fsp3) is 0.125. The fourth-order valence-corrected chi connectivity index (χ4v) is 1.99. The van der Waals surface area contributed by atoms with E-state index in [4.69, 9.17) is 10.3 Å². The second kappa shape index (κ2) is 4.16. The van der Waals surface area contributed by atoms with E-state index in [1.807, 2.05) is 0 Å². The molecule has 0 saturated carbocycles. The van der Waals surface area contributed by atoms with Gasteiger partial charge < -0.3 is 10.3 Å². The summed E-state index contributed by atoms with van der Waals surface area (Å²) < 4.78 is 35.7. The van der Waals surface area contributed by atoms with Gasteiger partial charge in [-0.25, -0.2) is 17.6 Å². The van der Waals surface area contributed by atoms with Crippen LogP contribution in [0.4, 0.5) is 4.39 Å². The van der Waals surface area contributed by atoms with E-state index in [0.717, 1.165) is 17.9 Å². The number of aromatic carboxylic acids is 1. The molecule has 0 aliphatic carbocycles. The van der Waals surface area contributed by atoms with Gasteiger partial charge in [0.1, 0.15) is 5.82 Å². The normalized spacial score (nSPS) is 11.4. The van der Waals surface area contributed by atoms with Crippen molar-refractivity contribution in [2.45, 2.75) is 11.8 Å². The predicted molar refractivity (Wildman–Crippen MR) is 50.2 cm³/mol. The zero-order valence-electron chi connectivity index (χ0n) is 8.06. The Balaban J connectivity index is 3.57. The van der Waals surface area contributed by atoms with Crippen molar-refractivity contribution in [3.8, 4) is 0 Å². The lowest BCUT2D eigenvalue weighted by Gasteiger charge is -2.07. The van der Waals surface area contributed by atoms with Crippen LogP contribution >= 0.6 is 0 Å². The molecule has 1 rings (SSSR count). The van der Waals surface area contributed by atoms with E-state index in [0.29, 0.717) is 6.07 Å². The molecule has 6 nitrogen and oxygen atoms in total. The Morgan fingerprint density at radius 3 is 2.44 bits per heavy atom. The van der Waals surface area contributed by atoms with E-state index in [2.05, 4.69) is 0 Å². The van der Waals surface area contributed by atoms with Crippen LogP contribution in [0.15, 0.2) is 17.0 Å². The average molecular weight is 249 g/mol. The Morgan fingerprint density at radius 2 is 2.00 bits per heavy atom. The smallest absolute Gasteiger partial charge is 0.335 e. The number of nitrogens with one attached hydrogen (secondary N) is 1. The maximum absolute atomic E-state index is 13.2. The third-order valence-electron chi connectivity index (χ3n) is 1.95. The third-order valence-corrected chi connectivity index (χ3v) is 3.20. The lowest BCUT2D eigenvalue weighted by molar-refractivity contribution is 0.0696. The lowest BCUT2D eigenvalue weighted by Crippen LogP contribution is -2.21. The largest absolute Gasteiger partial charge is 0.478 e. The molecular weight excluding hydrogens is 241 g/mol. The summed E-state index contributed by atoms with van der Waals surface area (Å²) in [5.41, 5.74) is -0.788. The topological polar surface area (TPSA) is 104 Å². The summed E-state index contributed by atoms with van der Waals surface area (Å²) in [6, 6.07) is 1.47. The van der Waals surface area contributed by atoms with E-state index >= 15 is 0 Å².